The third-order valence-electron chi connectivity index (χ3n) is 1.80. The van der Waals surface area contributed by atoms with Gasteiger partial charge in [0.15, 0.2) is 0 Å². The Morgan fingerprint density at radius 1 is 1.82 bits per heavy atom. The summed E-state index contributed by atoms with van der Waals surface area (Å²) in [4.78, 5) is 14.1. The van der Waals surface area contributed by atoms with Crippen molar-refractivity contribution < 1.29 is 14.6 Å². The minimum absolute atomic E-state index is 0.108. The number of nitrogens with zero attached hydrogens (tertiary/aromatic N) is 2. The molecule has 0 saturated carbocycles. The Bertz CT molecular complexity index is 459. The highest BCUT2D eigenvalue weighted by atomic mass is 35.5. The van der Waals surface area contributed by atoms with Gasteiger partial charge >= 0.3 is 6.09 Å². The van der Waals surface area contributed by atoms with Gasteiger partial charge in [0.05, 0.1) is 17.8 Å². The molecule has 90 valence electrons. The summed E-state index contributed by atoms with van der Waals surface area (Å²) in [5, 5.41) is 19.5. The highest BCUT2D eigenvalue weighted by Crippen LogP contribution is 2.18. The number of rotatable bonds is 4. The van der Waals surface area contributed by atoms with Gasteiger partial charge < -0.3 is 15.2 Å². The van der Waals surface area contributed by atoms with E-state index in [9.17, 15) is 4.79 Å². The largest absolute Gasteiger partial charge is 0.490 e. The second kappa shape index (κ2) is 5.92. The minimum atomic E-state index is -1.12. The summed E-state index contributed by atoms with van der Waals surface area (Å²) in [6, 6.07) is 2.95. The lowest BCUT2D eigenvalue weighted by Crippen LogP contribution is -2.35. The lowest BCUT2D eigenvalue weighted by Gasteiger charge is -2.12. The standard InChI is InChI=1S/C10H10ClN3O3/c1-6(14-10(15)16)5-17-8-2-7(3-12)9(11)13-4-8/h2,4,6,14H,5H2,1H3,(H,15,16)/t6-/m0/s1. The molecule has 0 aliphatic heterocycles. The van der Waals surface area contributed by atoms with Crippen LogP contribution in [0.3, 0.4) is 0 Å². The highest BCUT2D eigenvalue weighted by Gasteiger charge is 2.08. The van der Waals surface area contributed by atoms with Crippen molar-refractivity contribution in [2.45, 2.75) is 13.0 Å². The smallest absolute Gasteiger partial charge is 0.404 e. The number of carbonyl (C=O) groups is 1. The van der Waals surface area contributed by atoms with Crippen molar-refractivity contribution in [3.05, 3.63) is 23.0 Å². The summed E-state index contributed by atoms with van der Waals surface area (Å²) in [5.74, 6) is 0.366. The molecule has 1 amide bonds. The van der Waals surface area contributed by atoms with Crippen molar-refractivity contribution in [3.63, 3.8) is 0 Å². The lowest BCUT2D eigenvalue weighted by atomic mass is 10.3. The van der Waals surface area contributed by atoms with Gasteiger partial charge in [-0.2, -0.15) is 5.26 Å². The maximum atomic E-state index is 10.3. The van der Waals surface area contributed by atoms with Crippen LogP contribution in [-0.2, 0) is 0 Å². The maximum absolute atomic E-state index is 10.3. The molecule has 0 saturated heterocycles. The molecule has 1 aromatic heterocycles. The van der Waals surface area contributed by atoms with Crippen molar-refractivity contribution in [2.75, 3.05) is 6.61 Å². The van der Waals surface area contributed by atoms with E-state index in [0.29, 0.717) is 5.75 Å². The number of aromatic nitrogens is 1. The molecule has 0 radical (unpaired) electrons. The minimum Gasteiger partial charge on any atom is -0.490 e. The topological polar surface area (TPSA) is 95.2 Å². The molecular weight excluding hydrogens is 246 g/mol. The Labute approximate surface area is 103 Å². The molecule has 0 aromatic carbocycles. The van der Waals surface area contributed by atoms with Crippen LogP contribution in [0.1, 0.15) is 12.5 Å². The number of amides is 1. The van der Waals surface area contributed by atoms with Crippen LogP contribution < -0.4 is 10.1 Å². The number of nitriles is 1. The molecule has 0 unspecified atom stereocenters. The number of hydrogen-bond donors (Lipinski definition) is 2. The molecule has 1 aromatic rings. The molecule has 7 heteroatoms. The number of nitrogens with one attached hydrogen (secondary N) is 1. The summed E-state index contributed by atoms with van der Waals surface area (Å²) in [7, 11) is 0. The zero-order chi connectivity index (χ0) is 12.8. The average Bonchev–Trinajstić information content (AvgIpc) is 2.27. The molecular formula is C10H10ClN3O3. The average molecular weight is 256 g/mol. The van der Waals surface area contributed by atoms with E-state index in [2.05, 4.69) is 10.3 Å². The Hall–Kier alpha value is -2.00. The second-order valence-electron chi connectivity index (χ2n) is 3.28. The van der Waals surface area contributed by atoms with Crippen molar-refractivity contribution in [2.24, 2.45) is 0 Å². The molecule has 17 heavy (non-hydrogen) atoms. The van der Waals surface area contributed by atoms with Gasteiger partial charge in [0.2, 0.25) is 0 Å². The molecule has 0 aliphatic rings. The van der Waals surface area contributed by atoms with Gasteiger partial charge in [-0.05, 0) is 6.92 Å². The van der Waals surface area contributed by atoms with Gasteiger partial charge in [-0.25, -0.2) is 9.78 Å². The van der Waals surface area contributed by atoms with Crippen molar-refractivity contribution in [3.8, 4) is 11.8 Å². The van der Waals surface area contributed by atoms with Crippen LogP contribution in [0.25, 0.3) is 0 Å². The zero-order valence-corrected chi connectivity index (χ0v) is 9.73. The summed E-state index contributed by atoms with van der Waals surface area (Å²) in [6.07, 6.45) is 0.254. The van der Waals surface area contributed by atoms with Gasteiger partial charge in [0.25, 0.3) is 0 Å². The third kappa shape index (κ3) is 4.17. The van der Waals surface area contributed by atoms with Gasteiger partial charge in [0, 0.05) is 6.07 Å². The van der Waals surface area contributed by atoms with Crippen LogP contribution in [0, 0.1) is 11.3 Å². The fraction of sp³-hybridized carbons (Fsp3) is 0.300. The first kappa shape index (κ1) is 13.1. The number of hydrogen-bond acceptors (Lipinski definition) is 4. The maximum Gasteiger partial charge on any atom is 0.404 e. The van der Waals surface area contributed by atoms with E-state index in [0.717, 1.165) is 0 Å². The number of pyridine rings is 1. The van der Waals surface area contributed by atoms with Gasteiger partial charge in [-0.3, -0.25) is 0 Å². The van der Waals surface area contributed by atoms with Crippen LogP contribution in [0.15, 0.2) is 12.3 Å². The van der Waals surface area contributed by atoms with Crippen LogP contribution in [0.4, 0.5) is 4.79 Å². The SMILES string of the molecule is C[C@@H](COc1cnc(Cl)c(C#N)c1)NC(=O)O. The molecule has 6 nitrogen and oxygen atoms in total. The van der Waals surface area contributed by atoms with E-state index >= 15 is 0 Å². The molecule has 0 fully saturated rings. The fourth-order valence-corrected chi connectivity index (χ4v) is 1.21. The van der Waals surface area contributed by atoms with Crippen LogP contribution >= 0.6 is 11.6 Å². The second-order valence-corrected chi connectivity index (χ2v) is 3.64. The Balaban J connectivity index is 2.58. The molecule has 1 heterocycles. The van der Waals surface area contributed by atoms with Crippen LogP contribution in [0.2, 0.25) is 5.15 Å². The summed E-state index contributed by atoms with van der Waals surface area (Å²) >= 11 is 5.65. The van der Waals surface area contributed by atoms with E-state index in [4.69, 9.17) is 26.7 Å². The van der Waals surface area contributed by atoms with Crippen molar-refractivity contribution in [1.82, 2.24) is 10.3 Å². The third-order valence-corrected chi connectivity index (χ3v) is 2.11. The van der Waals surface area contributed by atoms with E-state index in [1.807, 2.05) is 6.07 Å². The quantitative estimate of drug-likeness (QED) is 0.798. The van der Waals surface area contributed by atoms with E-state index < -0.39 is 6.09 Å². The molecule has 0 aliphatic carbocycles. The lowest BCUT2D eigenvalue weighted by molar-refractivity contribution is 0.183. The monoisotopic (exact) mass is 255 g/mol. The fourth-order valence-electron chi connectivity index (χ4n) is 1.06. The molecule has 0 spiro atoms. The van der Waals surface area contributed by atoms with Crippen molar-refractivity contribution >= 4 is 17.7 Å². The van der Waals surface area contributed by atoms with E-state index in [-0.39, 0.29) is 23.4 Å². The molecule has 0 bridgehead atoms. The van der Waals surface area contributed by atoms with Crippen LogP contribution in [0.5, 0.6) is 5.75 Å². The van der Waals surface area contributed by atoms with E-state index in [1.165, 1.54) is 12.3 Å². The number of halogens is 1. The molecule has 2 N–H and O–H groups in total. The molecule has 1 atom stereocenters. The predicted molar refractivity (Wildman–Crippen MR) is 60.1 cm³/mol. The Morgan fingerprint density at radius 3 is 3.12 bits per heavy atom. The highest BCUT2D eigenvalue weighted by molar-refractivity contribution is 6.30. The van der Waals surface area contributed by atoms with Crippen molar-refractivity contribution in [1.29, 1.82) is 5.26 Å². The zero-order valence-electron chi connectivity index (χ0n) is 8.98. The normalized spacial score (nSPS) is 11.4. The first-order valence-electron chi connectivity index (χ1n) is 4.71. The first-order chi connectivity index (χ1) is 8.02. The summed E-state index contributed by atoms with van der Waals surface area (Å²) in [5.41, 5.74) is 0.211. The Kier molecular flexibility index (Phi) is 4.55. The van der Waals surface area contributed by atoms with Gasteiger partial charge in [-0.15, -0.1) is 0 Å². The number of carboxylic acid groups (broad SMARTS) is 1. The van der Waals surface area contributed by atoms with Gasteiger partial charge in [-0.1, -0.05) is 11.6 Å². The van der Waals surface area contributed by atoms with E-state index in [1.54, 1.807) is 6.92 Å². The number of ether oxygens (including phenoxy) is 1. The summed E-state index contributed by atoms with van der Waals surface area (Å²) in [6.45, 7) is 1.79. The Morgan fingerprint density at radius 2 is 2.53 bits per heavy atom. The van der Waals surface area contributed by atoms with Gasteiger partial charge in [0.1, 0.15) is 23.6 Å². The predicted octanol–water partition coefficient (Wildman–Crippen LogP) is 1.64. The molecule has 1 rings (SSSR count). The summed E-state index contributed by atoms with van der Waals surface area (Å²) < 4.78 is 5.27. The first-order valence-corrected chi connectivity index (χ1v) is 5.08. The van der Waals surface area contributed by atoms with Crippen LogP contribution in [-0.4, -0.2) is 28.8 Å².